The molecular formula is C15H20ClNO2. The van der Waals surface area contributed by atoms with E-state index in [9.17, 15) is 0 Å². The molecule has 3 nitrogen and oxygen atoms in total. The lowest BCUT2D eigenvalue weighted by Crippen LogP contribution is -2.31. The summed E-state index contributed by atoms with van der Waals surface area (Å²) in [7, 11) is 0. The maximum Gasteiger partial charge on any atom is 0.180 e. The van der Waals surface area contributed by atoms with Crippen LogP contribution < -0.4 is 14.8 Å². The number of aryl methyl sites for hydroxylation is 1. The number of nitrogens with one attached hydrogen (secondary N) is 1. The molecule has 1 aromatic carbocycles. The SMILES string of the molecule is Cc1cc2c(c(Cl)c1CC1CCCNC1)OCCO2. The van der Waals surface area contributed by atoms with Crippen molar-refractivity contribution in [2.45, 2.75) is 26.2 Å². The molecule has 3 rings (SSSR count). The average molecular weight is 282 g/mol. The van der Waals surface area contributed by atoms with Gasteiger partial charge in [-0.2, -0.15) is 0 Å². The molecule has 1 fully saturated rings. The van der Waals surface area contributed by atoms with Crippen LogP contribution in [0.25, 0.3) is 0 Å². The van der Waals surface area contributed by atoms with Crippen LogP contribution >= 0.6 is 11.6 Å². The third-order valence-corrected chi connectivity index (χ3v) is 4.39. The second-order valence-electron chi connectivity index (χ2n) is 5.43. The molecule has 1 aromatic rings. The molecule has 0 aromatic heterocycles. The van der Waals surface area contributed by atoms with Gasteiger partial charge in [-0.05, 0) is 62.4 Å². The van der Waals surface area contributed by atoms with Crippen LogP contribution in [0.15, 0.2) is 6.07 Å². The summed E-state index contributed by atoms with van der Waals surface area (Å²) < 4.78 is 11.3. The zero-order valence-corrected chi connectivity index (χ0v) is 12.1. The number of halogens is 1. The van der Waals surface area contributed by atoms with Gasteiger partial charge in [0, 0.05) is 0 Å². The summed E-state index contributed by atoms with van der Waals surface area (Å²) in [5, 5.41) is 4.21. The fraction of sp³-hybridized carbons (Fsp3) is 0.600. The Bertz CT molecular complexity index is 470. The summed E-state index contributed by atoms with van der Waals surface area (Å²) in [5.74, 6) is 2.20. The minimum Gasteiger partial charge on any atom is -0.486 e. The highest BCUT2D eigenvalue weighted by Gasteiger charge is 2.23. The third-order valence-electron chi connectivity index (χ3n) is 3.99. The van der Waals surface area contributed by atoms with E-state index in [0.29, 0.717) is 19.1 Å². The maximum atomic E-state index is 6.53. The van der Waals surface area contributed by atoms with Gasteiger partial charge in [0.1, 0.15) is 13.2 Å². The van der Waals surface area contributed by atoms with Crippen molar-refractivity contribution in [1.82, 2.24) is 5.32 Å². The van der Waals surface area contributed by atoms with Crippen molar-refractivity contribution >= 4 is 11.6 Å². The van der Waals surface area contributed by atoms with Gasteiger partial charge in [0.2, 0.25) is 0 Å². The molecule has 2 heterocycles. The number of ether oxygens (including phenoxy) is 2. The Kier molecular flexibility index (Phi) is 3.85. The van der Waals surface area contributed by atoms with Gasteiger partial charge in [-0.3, -0.25) is 0 Å². The number of rotatable bonds is 2. The predicted octanol–water partition coefficient (Wildman–Crippen LogP) is 2.96. The Morgan fingerprint density at radius 3 is 3.00 bits per heavy atom. The summed E-state index contributed by atoms with van der Waals surface area (Å²) in [6, 6.07) is 2.06. The maximum absolute atomic E-state index is 6.53. The second kappa shape index (κ2) is 5.59. The first-order chi connectivity index (χ1) is 9.25. The number of hydrogen-bond donors (Lipinski definition) is 1. The second-order valence-corrected chi connectivity index (χ2v) is 5.80. The van der Waals surface area contributed by atoms with Crippen molar-refractivity contribution in [3.8, 4) is 11.5 Å². The Labute approximate surface area is 119 Å². The lowest BCUT2D eigenvalue weighted by Gasteiger charge is -2.26. The number of fused-ring (bicyclic) bond motifs is 1. The van der Waals surface area contributed by atoms with E-state index < -0.39 is 0 Å². The van der Waals surface area contributed by atoms with Crippen LogP contribution in [0.5, 0.6) is 11.5 Å². The summed E-state index contributed by atoms with van der Waals surface area (Å²) >= 11 is 6.53. The van der Waals surface area contributed by atoms with Crippen molar-refractivity contribution in [2.75, 3.05) is 26.3 Å². The van der Waals surface area contributed by atoms with Crippen LogP contribution in [-0.2, 0) is 6.42 Å². The molecule has 104 valence electrons. The van der Waals surface area contributed by atoms with Gasteiger partial charge in [-0.1, -0.05) is 11.6 Å². The molecule has 0 saturated carbocycles. The molecular weight excluding hydrogens is 262 g/mol. The van der Waals surface area contributed by atoms with E-state index in [4.69, 9.17) is 21.1 Å². The Balaban J connectivity index is 1.87. The van der Waals surface area contributed by atoms with Crippen LogP contribution in [0.4, 0.5) is 0 Å². The van der Waals surface area contributed by atoms with Crippen LogP contribution in [0.2, 0.25) is 5.02 Å². The molecule has 4 heteroatoms. The van der Waals surface area contributed by atoms with Crippen molar-refractivity contribution in [2.24, 2.45) is 5.92 Å². The average Bonchev–Trinajstić information content (AvgIpc) is 2.45. The summed E-state index contributed by atoms with van der Waals surface area (Å²) in [4.78, 5) is 0. The molecule has 1 atom stereocenters. The van der Waals surface area contributed by atoms with Crippen molar-refractivity contribution in [3.05, 3.63) is 22.2 Å². The van der Waals surface area contributed by atoms with Gasteiger partial charge in [0.25, 0.3) is 0 Å². The lowest BCUT2D eigenvalue weighted by atomic mass is 9.90. The quantitative estimate of drug-likeness (QED) is 0.904. The Morgan fingerprint density at radius 1 is 1.37 bits per heavy atom. The normalized spacial score (nSPS) is 22.3. The van der Waals surface area contributed by atoms with E-state index in [0.717, 1.165) is 36.0 Å². The highest BCUT2D eigenvalue weighted by Crippen LogP contribution is 2.42. The van der Waals surface area contributed by atoms with Gasteiger partial charge in [-0.25, -0.2) is 0 Å². The van der Waals surface area contributed by atoms with E-state index in [1.54, 1.807) is 0 Å². The molecule has 1 saturated heterocycles. The van der Waals surface area contributed by atoms with E-state index in [1.165, 1.54) is 24.0 Å². The zero-order chi connectivity index (χ0) is 13.2. The molecule has 2 aliphatic heterocycles. The standard InChI is InChI=1S/C15H20ClNO2/c1-10-7-13-15(19-6-5-18-13)14(16)12(10)8-11-3-2-4-17-9-11/h7,11,17H,2-6,8-9H2,1H3. The molecule has 0 radical (unpaired) electrons. The van der Waals surface area contributed by atoms with Crippen molar-refractivity contribution < 1.29 is 9.47 Å². The fourth-order valence-corrected chi connectivity index (χ4v) is 3.32. The van der Waals surface area contributed by atoms with Crippen molar-refractivity contribution in [1.29, 1.82) is 0 Å². The number of benzene rings is 1. The smallest absolute Gasteiger partial charge is 0.180 e. The van der Waals surface area contributed by atoms with E-state index in [-0.39, 0.29) is 0 Å². The zero-order valence-electron chi connectivity index (χ0n) is 11.3. The first-order valence-corrected chi connectivity index (χ1v) is 7.42. The Hall–Kier alpha value is -0.930. The van der Waals surface area contributed by atoms with Crippen molar-refractivity contribution in [3.63, 3.8) is 0 Å². The van der Waals surface area contributed by atoms with Crippen LogP contribution in [0.3, 0.4) is 0 Å². The Morgan fingerprint density at radius 2 is 2.21 bits per heavy atom. The van der Waals surface area contributed by atoms with Crippen LogP contribution in [0.1, 0.15) is 24.0 Å². The van der Waals surface area contributed by atoms with E-state index >= 15 is 0 Å². The first-order valence-electron chi connectivity index (χ1n) is 7.04. The third kappa shape index (κ3) is 2.67. The number of hydrogen-bond acceptors (Lipinski definition) is 3. The predicted molar refractivity (Wildman–Crippen MR) is 76.5 cm³/mol. The van der Waals surface area contributed by atoms with Crippen LogP contribution in [0, 0.1) is 12.8 Å². The largest absolute Gasteiger partial charge is 0.486 e. The minimum absolute atomic E-state index is 0.584. The number of piperidine rings is 1. The molecule has 0 spiro atoms. The van der Waals surface area contributed by atoms with Gasteiger partial charge in [0.15, 0.2) is 11.5 Å². The monoisotopic (exact) mass is 281 g/mol. The molecule has 2 aliphatic rings. The highest BCUT2D eigenvalue weighted by molar-refractivity contribution is 6.33. The summed E-state index contributed by atoms with van der Waals surface area (Å²) in [6.07, 6.45) is 3.55. The topological polar surface area (TPSA) is 30.5 Å². The molecule has 19 heavy (non-hydrogen) atoms. The highest BCUT2D eigenvalue weighted by atomic mass is 35.5. The molecule has 1 unspecified atom stereocenters. The van der Waals surface area contributed by atoms with E-state index in [1.807, 2.05) is 0 Å². The molecule has 1 N–H and O–H groups in total. The van der Waals surface area contributed by atoms with Gasteiger partial charge in [0.05, 0.1) is 5.02 Å². The van der Waals surface area contributed by atoms with Gasteiger partial charge >= 0.3 is 0 Å². The van der Waals surface area contributed by atoms with Gasteiger partial charge < -0.3 is 14.8 Å². The van der Waals surface area contributed by atoms with Crippen LogP contribution in [-0.4, -0.2) is 26.3 Å². The van der Waals surface area contributed by atoms with E-state index in [2.05, 4.69) is 18.3 Å². The molecule has 0 bridgehead atoms. The summed E-state index contributed by atoms with van der Waals surface area (Å²) in [6.45, 7) is 5.53. The minimum atomic E-state index is 0.584. The molecule has 0 aliphatic carbocycles. The first kappa shape index (κ1) is 13.1. The fourth-order valence-electron chi connectivity index (χ4n) is 2.94. The van der Waals surface area contributed by atoms with Gasteiger partial charge in [-0.15, -0.1) is 0 Å². The summed E-state index contributed by atoms with van der Waals surface area (Å²) in [5.41, 5.74) is 2.43. The lowest BCUT2D eigenvalue weighted by molar-refractivity contribution is 0.171. The molecule has 0 amide bonds.